The number of hydrogen-bond donors (Lipinski definition) is 3. The van der Waals surface area contributed by atoms with Crippen LogP contribution in [0.25, 0.3) is 0 Å². The van der Waals surface area contributed by atoms with Crippen LogP contribution in [0.2, 0.25) is 0 Å². The van der Waals surface area contributed by atoms with E-state index in [1.54, 1.807) is 31.2 Å². The highest BCUT2D eigenvalue weighted by Crippen LogP contribution is 2.57. The lowest BCUT2D eigenvalue weighted by Crippen LogP contribution is -2.63. The molecule has 3 N–H and O–H groups in total. The zero-order valence-corrected chi connectivity index (χ0v) is 23.1. The van der Waals surface area contributed by atoms with E-state index >= 15 is 0 Å². The average Bonchev–Trinajstić information content (AvgIpc) is 3.61. The Morgan fingerprint density at radius 3 is 2.26 bits per heavy atom. The van der Waals surface area contributed by atoms with Crippen LogP contribution in [0.15, 0.2) is 24.3 Å². The first-order valence-corrected chi connectivity index (χ1v) is 13.8. The normalized spacial score (nSPS) is 36.5. The van der Waals surface area contributed by atoms with E-state index in [0.717, 1.165) is 0 Å². The van der Waals surface area contributed by atoms with Gasteiger partial charge >= 0.3 is 5.97 Å². The number of aliphatic hydroxyl groups is 2. The van der Waals surface area contributed by atoms with Crippen LogP contribution in [0.5, 0.6) is 28.7 Å². The van der Waals surface area contributed by atoms with E-state index in [1.807, 2.05) is 0 Å². The van der Waals surface area contributed by atoms with Crippen molar-refractivity contribution in [3.8, 4) is 28.7 Å². The minimum absolute atomic E-state index is 0.0301. The molecule has 0 saturated carbocycles. The Kier molecular flexibility index (Phi) is 6.83. The molecule has 1 aliphatic carbocycles. The van der Waals surface area contributed by atoms with Crippen LogP contribution in [0.3, 0.4) is 0 Å². The maximum Gasteiger partial charge on any atom is 0.310 e. The van der Waals surface area contributed by atoms with Crippen molar-refractivity contribution < 1.29 is 62.7 Å². The SMILES string of the molecule is COc1cc(C2c3cc4c(cc3[C@H](OC3OC5COC(C)OC5C(O)C3O)C3COC(=O)[C@H]23)OCO4)cc(OC)c1O. The van der Waals surface area contributed by atoms with Crippen LogP contribution in [0.1, 0.15) is 35.6 Å². The molecular formula is C29H32O13. The van der Waals surface area contributed by atoms with Crippen molar-refractivity contribution in [2.45, 2.75) is 55.9 Å². The first kappa shape index (κ1) is 27.5. The van der Waals surface area contributed by atoms with E-state index in [0.29, 0.717) is 28.2 Å². The number of aromatic hydroxyl groups is 1. The van der Waals surface area contributed by atoms with E-state index < -0.39 is 66.8 Å². The van der Waals surface area contributed by atoms with Crippen LogP contribution in [0.4, 0.5) is 0 Å². The number of cyclic esters (lactones) is 1. The van der Waals surface area contributed by atoms with Gasteiger partial charge in [0.05, 0.1) is 39.5 Å². The molecule has 0 spiro atoms. The summed E-state index contributed by atoms with van der Waals surface area (Å²) >= 11 is 0. The van der Waals surface area contributed by atoms with Crippen molar-refractivity contribution in [2.75, 3.05) is 34.2 Å². The Morgan fingerprint density at radius 2 is 1.57 bits per heavy atom. The van der Waals surface area contributed by atoms with Crippen LogP contribution in [-0.4, -0.2) is 92.5 Å². The molecular weight excluding hydrogens is 556 g/mol. The molecule has 3 saturated heterocycles. The molecule has 4 heterocycles. The van der Waals surface area contributed by atoms with Crippen LogP contribution < -0.4 is 18.9 Å². The number of carbonyl (C=O) groups is 1. The molecule has 0 radical (unpaired) electrons. The molecule has 0 bridgehead atoms. The molecule has 4 aliphatic heterocycles. The first-order valence-electron chi connectivity index (χ1n) is 13.8. The van der Waals surface area contributed by atoms with Gasteiger partial charge in [0.25, 0.3) is 0 Å². The Labute approximate surface area is 240 Å². The second-order valence-corrected chi connectivity index (χ2v) is 11.0. The Hall–Kier alpha value is -3.33. The van der Waals surface area contributed by atoms with Crippen molar-refractivity contribution in [2.24, 2.45) is 11.8 Å². The minimum Gasteiger partial charge on any atom is -0.502 e. The molecule has 3 fully saturated rings. The van der Waals surface area contributed by atoms with Crippen molar-refractivity contribution in [1.29, 1.82) is 0 Å². The Balaban J connectivity index is 1.32. The zero-order chi connectivity index (χ0) is 29.3. The predicted molar refractivity (Wildman–Crippen MR) is 138 cm³/mol. The molecule has 8 unspecified atom stereocenters. The smallest absolute Gasteiger partial charge is 0.310 e. The fourth-order valence-electron chi connectivity index (χ4n) is 6.74. The second kappa shape index (κ2) is 10.4. The van der Waals surface area contributed by atoms with E-state index in [4.69, 9.17) is 42.6 Å². The quantitative estimate of drug-likeness (QED) is 0.430. The second-order valence-electron chi connectivity index (χ2n) is 11.0. The van der Waals surface area contributed by atoms with Gasteiger partial charge in [0, 0.05) is 11.8 Å². The van der Waals surface area contributed by atoms with Gasteiger partial charge in [0.15, 0.2) is 35.6 Å². The lowest BCUT2D eigenvalue weighted by Gasteiger charge is -2.47. The molecule has 0 aromatic heterocycles. The highest BCUT2D eigenvalue weighted by Gasteiger charge is 2.56. The predicted octanol–water partition coefficient (Wildman–Crippen LogP) is 1.34. The summed E-state index contributed by atoms with van der Waals surface area (Å²) in [4.78, 5) is 13.4. The highest BCUT2D eigenvalue weighted by atomic mass is 16.8. The molecule has 13 heteroatoms. The molecule has 10 atom stereocenters. The molecule has 42 heavy (non-hydrogen) atoms. The maximum absolute atomic E-state index is 13.4. The fraction of sp³-hybridized carbons (Fsp3) is 0.552. The van der Waals surface area contributed by atoms with Gasteiger partial charge in [0.1, 0.15) is 24.4 Å². The third kappa shape index (κ3) is 4.26. The molecule has 2 aromatic rings. The van der Waals surface area contributed by atoms with Gasteiger partial charge in [-0.3, -0.25) is 4.79 Å². The number of phenolic OH excluding ortho intramolecular Hbond substituents is 1. The molecule has 2 aromatic carbocycles. The molecule has 5 aliphatic rings. The lowest BCUT2D eigenvalue weighted by atomic mass is 9.66. The van der Waals surface area contributed by atoms with Gasteiger partial charge in [-0.05, 0) is 47.9 Å². The Morgan fingerprint density at radius 1 is 0.881 bits per heavy atom. The van der Waals surface area contributed by atoms with Gasteiger partial charge in [-0.1, -0.05) is 0 Å². The third-order valence-electron chi connectivity index (χ3n) is 8.75. The molecule has 13 nitrogen and oxygen atoms in total. The topological polar surface area (TPSA) is 161 Å². The summed E-state index contributed by atoms with van der Waals surface area (Å²) in [6.07, 6.45) is -6.80. The maximum atomic E-state index is 13.4. The molecule has 226 valence electrons. The number of rotatable bonds is 5. The van der Waals surface area contributed by atoms with E-state index in [2.05, 4.69) is 0 Å². The van der Waals surface area contributed by atoms with E-state index in [1.165, 1.54) is 14.2 Å². The first-order chi connectivity index (χ1) is 20.3. The number of esters is 1. The molecule has 0 amide bonds. The van der Waals surface area contributed by atoms with Gasteiger partial charge in [-0.2, -0.15) is 0 Å². The number of fused-ring (bicyclic) bond motifs is 4. The minimum atomic E-state index is -1.44. The third-order valence-corrected chi connectivity index (χ3v) is 8.75. The zero-order valence-electron chi connectivity index (χ0n) is 23.1. The summed E-state index contributed by atoms with van der Waals surface area (Å²) < 4.78 is 51.5. The summed E-state index contributed by atoms with van der Waals surface area (Å²) in [5.74, 6) is -1.02. The van der Waals surface area contributed by atoms with E-state index in [-0.39, 0.29) is 37.3 Å². The number of aliphatic hydroxyl groups excluding tert-OH is 2. The van der Waals surface area contributed by atoms with E-state index in [9.17, 15) is 20.1 Å². The summed E-state index contributed by atoms with van der Waals surface area (Å²) in [5, 5.41) is 32.5. The van der Waals surface area contributed by atoms with Crippen molar-refractivity contribution in [3.05, 3.63) is 41.0 Å². The number of hydrogen-bond acceptors (Lipinski definition) is 13. The molecule has 7 rings (SSSR count). The van der Waals surface area contributed by atoms with Crippen LogP contribution in [-0.2, 0) is 28.5 Å². The number of methoxy groups -OCH3 is 2. The van der Waals surface area contributed by atoms with Crippen molar-refractivity contribution in [1.82, 2.24) is 0 Å². The average molecular weight is 589 g/mol. The monoisotopic (exact) mass is 588 g/mol. The van der Waals surface area contributed by atoms with Gasteiger partial charge in [0.2, 0.25) is 12.5 Å². The van der Waals surface area contributed by atoms with Crippen LogP contribution >= 0.6 is 0 Å². The lowest BCUT2D eigenvalue weighted by molar-refractivity contribution is -0.364. The summed E-state index contributed by atoms with van der Waals surface area (Å²) in [7, 11) is 2.86. The largest absolute Gasteiger partial charge is 0.502 e. The van der Waals surface area contributed by atoms with Crippen molar-refractivity contribution >= 4 is 5.97 Å². The summed E-state index contributed by atoms with van der Waals surface area (Å²) in [6, 6.07) is 6.93. The number of ether oxygens (including phenoxy) is 9. The van der Waals surface area contributed by atoms with Crippen LogP contribution in [0, 0.1) is 11.8 Å². The number of carbonyl (C=O) groups excluding carboxylic acids is 1. The Bertz CT molecular complexity index is 1350. The summed E-state index contributed by atoms with van der Waals surface area (Å²) in [5.41, 5.74) is 2.01. The fourth-order valence-corrected chi connectivity index (χ4v) is 6.74. The van der Waals surface area contributed by atoms with Crippen molar-refractivity contribution in [3.63, 3.8) is 0 Å². The number of benzene rings is 2. The summed E-state index contributed by atoms with van der Waals surface area (Å²) in [6.45, 7) is 1.93. The van der Waals surface area contributed by atoms with Gasteiger partial charge in [-0.15, -0.1) is 0 Å². The highest BCUT2D eigenvalue weighted by molar-refractivity contribution is 5.79. The van der Waals surface area contributed by atoms with Gasteiger partial charge < -0.3 is 58.0 Å². The number of phenols is 1. The van der Waals surface area contributed by atoms with Gasteiger partial charge in [-0.25, -0.2) is 0 Å². The standard InChI is InChI=1S/C29H32O13/c1-11-36-9-20-27(40-11)24(31)25(32)29(41-20)42-26-14-7-17-16(38-10-39-17)6-13(14)21(22-15(26)8-37-28(22)33)12-4-18(34-2)23(30)19(5-12)35-3/h4-7,11,15,20-22,24-27,29-32H,8-10H2,1-3H3/t11?,15?,20?,21?,22-,24?,25?,26-,27?,29?/m0/s1.